The SMILES string of the molecule is Cc1cc(C#N)nc(NCC2CCC2)n1. The molecular weight excluding hydrogens is 188 g/mol. The number of rotatable bonds is 3. The van der Waals surface area contributed by atoms with E-state index in [0.717, 1.165) is 18.2 Å². The first kappa shape index (κ1) is 9.91. The number of hydrogen-bond donors (Lipinski definition) is 1. The number of hydrogen-bond acceptors (Lipinski definition) is 4. The van der Waals surface area contributed by atoms with Gasteiger partial charge in [0.05, 0.1) is 0 Å². The van der Waals surface area contributed by atoms with Gasteiger partial charge in [-0.05, 0) is 31.7 Å². The zero-order valence-electron chi connectivity index (χ0n) is 8.82. The van der Waals surface area contributed by atoms with E-state index in [1.54, 1.807) is 6.07 Å². The lowest BCUT2D eigenvalue weighted by molar-refractivity contribution is 0.333. The zero-order chi connectivity index (χ0) is 10.7. The summed E-state index contributed by atoms with van der Waals surface area (Å²) in [5, 5.41) is 11.9. The molecular formula is C11H14N4. The lowest BCUT2D eigenvalue weighted by Gasteiger charge is -2.25. The number of nitrogens with one attached hydrogen (secondary N) is 1. The lowest BCUT2D eigenvalue weighted by atomic mass is 9.85. The van der Waals surface area contributed by atoms with Crippen molar-refractivity contribution in [1.29, 1.82) is 5.26 Å². The van der Waals surface area contributed by atoms with Gasteiger partial charge in [-0.1, -0.05) is 6.42 Å². The first-order valence-corrected chi connectivity index (χ1v) is 5.27. The third kappa shape index (κ3) is 2.44. The molecule has 0 saturated heterocycles. The summed E-state index contributed by atoms with van der Waals surface area (Å²) in [6.45, 7) is 2.80. The Morgan fingerprint density at radius 3 is 2.93 bits per heavy atom. The molecule has 1 aliphatic rings. The van der Waals surface area contributed by atoms with Crippen LogP contribution in [0.4, 0.5) is 5.95 Å². The summed E-state index contributed by atoms with van der Waals surface area (Å²) in [6, 6.07) is 3.72. The van der Waals surface area contributed by atoms with E-state index >= 15 is 0 Å². The number of nitriles is 1. The van der Waals surface area contributed by atoms with E-state index in [0.29, 0.717) is 11.6 Å². The second kappa shape index (κ2) is 4.26. The summed E-state index contributed by atoms with van der Waals surface area (Å²) in [6.07, 6.45) is 3.93. The van der Waals surface area contributed by atoms with Gasteiger partial charge in [0.15, 0.2) is 0 Å². The van der Waals surface area contributed by atoms with Gasteiger partial charge < -0.3 is 5.32 Å². The molecule has 1 aromatic heterocycles. The van der Waals surface area contributed by atoms with Crippen LogP contribution in [0.3, 0.4) is 0 Å². The van der Waals surface area contributed by atoms with E-state index in [4.69, 9.17) is 5.26 Å². The van der Waals surface area contributed by atoms with Crippen molar-refractivity contribution < 1.29 is 0 Å². The molecule has 0 radical (unpaired) electrons. The van der Waals surface area contributed by atoms with Crippen molar-refractivity contribution in [2.45, 2.75) is 26.2 Å². The van der Waals surface area contributed by atoms with Crippen LogP contribution in [-0.4, -0.2) is 16.5 Å². The highest BCUT2D eigenvalue weighted by molar-refractivity contribution is 5.32. The highest BCUT2D eigenvalue weighted by Crippen LogP contribution is 2.26. The monoisotopic (exact) mass is 202 g/mol. The maximum absolute atomic E-state index is 8.75. The van der Waals surface area contributed by atoms with Gasteiger partial charge in [-0.25, -0.2) is 9.97 Å². The van der Waals surface area contributed by atoms with Gasteiger partial charge in [0, 0.05) is 12.2 Å². The van der Waals surface area contributed by atoms with E-state index in [1.165, 1.54) is 19.3 Å². The second-order valence-electron chi connectivity index (χ2n) is 4.01. The quantitative estimate of drug-likeness (QED) is 0.812. The molecule has 1 heterocycles. The van der Waals surface area contributed by atoms with Crippen molar-refractivity contribution in [1.82, 2.24) is 9.97 Å². The number of nitrogens with zero attached hydrogens (tertiary/aromatic N) is 3. The Morgan fingerprint density at radius 2 is 2.33 bits per heavy atom. The first-order chi connectivity index (χ1) is 7.28. The van der Waals surface area contributed by atoms with Gasteiger partial charge in [0.2, 0.25) is 5.95 Å². The zero-order valence-corrected chi connectivity index (χ0v) is 8.82. The van der Waals surface area contributed by atoms with E-state index < -0.39 is 0 Å². The molecule has 1 N–H and O–H groups in total. The van der Waals surface area contributed by atoms with Gasteiger partial charge in [-0.3, -0.25) is 0 Å². The molecule has 4 heteroatoms. The van der Waals surface area contributed by atoms with Gasteiger partial charge in [0.25, 0.3) is 0 Å². The van der Waals surface area contributed by atoms with Crippen LogP contribution in [0, 0.1) is 24.2 Å². The predicted octanol–water partition coefficient (Wildman–Crippen LogP) is 1.87. The van der Waals surface area contributed by atoms with E-state index in [1.807, 2.05) is 13.0 Å². The fraction of sp³-hybridized carbons (Fsp3) is 0.545. The van der Waals surface area contributed by atoms with Crippen molar-refractivity contribution in [2.24, 2.45) is 5.92 Å². The molecule has 78 valence electrons. The Hall–Kier alpha value is -1.63. The Balaban J connectivity index is 2.00. The third-order valence-corrected chi connectivity index (χ3v) is 2.74. The average molecular weight is 202 g/mol. The summed E-state index contributed by atoms with van der Waals surface area (Å²) in [5.41, 5.74) is 1.26. The molecule has 2 rings (SSSR count). The highest BCUT2D eigenvalue weighted by Gasteiger charge is 2.17. The smallest absolute Gasteiger partial charge is 0.224 e. The molecule has 1 aliphatic carbocycles. The van der Waals surface area contributed by atoms with Crippen molar-refractivity contribution >= 4 is 5.95 Å². The molecule has 0 aromatic carbocycles. The van der Waals surface area contributed by atoms with E-state index in [-0.39, 0.29) is 0 Å². The normalized spacial score (nSPS) is 15.5. The number of aryl methyl sites for hydroxylation is 1. The van der Waals surface area contributed by atoms with Crippen LogP contribution in [0.2, 0.25) is 0 Å². The molecule has 15 heavy (non-hydrogen) atoms. The molecule has 0 atom stereocenters. The maximum atomic E-state index is 8.75. The molecule has 0 spiro atoms. The van der Waals surface area contributed by atoms with Gasteiger partial charge in [0.1, 0.15) is 11.8 Å². The van der Waals surface area contributed by atoms with Crippen LogP contribution in [0.1, 0.15) is 30.7 Å². The summed E-state index contributed by atoms with van der Waals surface area (Å²) in [7, 11) is 0. The van der Waals surface area contributed by atoms with Crippen molar-refractivity contribution in [3.05, 3.63) is 17.5 Å². The lowest BCUT2D eigenvalue weighted by Crippen LogP contribution is -2.22. The Kier molecular flexibility index (Phi) is 2.82. The van der Waals surface area contributed by atoms with Crippen LogP contribution in [0.15, 0.2) is 6.07 Å². The van der Waals surface area contributed by atoms with Gasteiger partial charge in [-0.15, -0.1) is 0 Å². The molecule has 1 fully saturated rings. The van der Waals surface area contributed by atoms with Crippen LogP contribution >= 0.6 is 0 Å². The van der Waals surface area contributed by atoms with E-state index in [9.17, 15) is 0 Å². The fourth-order valence-corrected chi connectivity index (χ4v) is 1.64. The second-order valence-corrected chi connectivity index (χ2v) is 4.01. The van der Waals surface area contributed by atoms with E-state index in [2.05, 4.69) is 15.3 Å². The first-order valence-electron chi connectivity index (χ1n) is 5.27. The Bertz CT molecular complexity index is 390. The van der Waals surface area contributed by atoms with Crippen LogP contribution < -0.4 is 5.32 Å². The molecule has 0 bridgehead atoms. The predicted molar refractivity (Wildman–Crippen MR) is 57.3 cm³/mol. The standard InChI is InChI=1S/C11H14N4/c1-8-5-10(6-12)15-11(14-8)13-7-9-3-2-4-9/h5,9H,2-4,7H2,1H3,(H,13,14,15). The van der Waals surface area contributed by atoms with Crippen LogP contribution in [0.5, 0.6) is 0 Å². The molecule has 4 nitrogen and oxygen atoms in total. The van der Waals surface area contributed by atoms with Crippen molar-refractivity contribution in [3.63, 3.8) is 0 Å². The summed E-state index contributed by atoms with van der Waals surface area (Å²) >= 11 is 0. The highest BCUT2D eigenvalue weighted by atomic mass is 15.1. The largest absolute Gasteiger partial charge is 0.354 e. The van der Waals surface area contributed by atoms with Crippen LogP contribution in [0.25, 0.3) is 0 Å². The summed E-state index contributed by atoms with van der Waals surface area (Å²) in [5.74, 6) is 1.35. The minimum absolute atomic E-state index is 0.429. The number of aromatic nitrogens is 2. The molecule has 0 amide bonds. The molecule has 1 saturated carbocycles. The summed E-state index contributed by atoms with van der Waals surface area (Å²) < 4.78 is 0. The topological polar surface area (TPSA) is 61.6 Å². The van der Waals surface area contributed by atoms with Crippen LogP contribution in [-0.2, 0) is 0 Å². The Labute approximate surface area is 89.4 Å². The average Bonchev–Trinajstić information content (AvgIpc) is 2.14. The third-order valence-electron chi connectivity index (χ3n) is 2.74. The number of anilines is 1. The molecule has 0 unspecified atom stereocenters. The fourth-order valence-electron chi connectivity index (χ4n) is 1.64. The Morgan fingerprint density at radius 1 is 1.53 bits per heavy atom. The minimum Gasteiger partial charge on any atom is -0.354 e. The van der Waals surface area contributed by atoms with Crippen molar-refractivity contribution in [3.8, 4) is 6.07 Å². The molecule has 1 aromatic rings. The maximum Gasteiger partial charge on any atom is 0.224 e. The van der Waals surface area contributed by atoms with Crippen molar-refractivity contribution in [2.75, 3.05) is 11.9 Å². The van der Waals surface area contributed by atoms with Gasteiger partial charge in [-0.2, -0.15) is 5.26 Å². The molecule has 0 aliphatic heterocycles. The van der Waals surface area contributed by atoms with Gasteiger partial charge >= 0.3 is 0 Å². The summed E-state index contributed by atoms with van der Waals surface area (Å²) in [4.78, 5) is 8.34. The minimum atomic E-state index is 0.429.